The second-order valence-electron chi connectivity index (χ2n) is 4.72. The fraction of sp³-hybridized carbons (Fsp3) is 0.909. The minimum atomic E-state index is -0.359. The average Bonchev–Trinajstić information content (AvgIpc) is 2.52. The Morgan fingerprint density at radius 3 is 2.43 bits per heavy atom. The van der Waals surface area contributed by atoms with Crippen molar-refractivity contribution in [2.24, 2.45) is 5.41 Å². The Labute approximate surface area is 86.3 Å². The van der Waals surface area contributed by atoms with Gasteiger partial charge in [-0.2, -0.15) is 5.26 Å². The van der Waals surface area contributed by atoms with E-state index in [1.54, 1.807) is 0 Å². The van der Waals surface area contributed by atoms with Crippen molar-refractivity contribution in [1.29, 1.82) is 5.26 Å². The number of nitrogens with zero attached hydrogens (tertiary/aromatic N) is 2. The van der Waals surface area contributed by atoms with Crippen LogP contribution in [0.3, 0.4) is 0 Å². The summed E-state index contributed by atoms with van der Waals surface area (Å²) in [6.07, 6.45) is 4.50. The lowest BCUT2D eigenvalue weighted by Gasteiger charge is -2.25. The lowest BCUT2D eigenvalue weighted by molar-refractivity contribution is 0.0952. The first-order valence-electron chi connectivity index (χ1n) is 5.32. The molecule has 0 spiro atoms. The summed E-state index contributed by atoms with van der Waals surface area (Å²) in [6, 6.07) is 2.40. The van der Waals surface area contributed by atoms with Gasteiger partial charge in [-0.15, -0.1) is 0 Å². The SMILES string of the molecule is CN(C)C[C@@H](O)CC1(C#N)CCCC1. The third kappa shape index (κ3) is 2.97. The van der Waals surface area contributed by atoms with E-state index in [4.69, 9.17) is 5.26 Å². The molecule has 0 aromatic carbocycles. The van der Waals surface area contributed by atoms with Gasteiger partial charge in [-0.05, 0) is 33.4 Å². The molecular weight excluding hydrogens is 176 g/mol. The second-order valence-corrected chi connectivity index (χ2v) is 4.72. The number of rotatable bonds is 4. The molecule has 0 unspecified atom stereocenters. The molecule has 0 saturated heterocycles. The molecule has 0 aromatic rings. The lowest BCUT2D eigenvalue weighted by Crippen LogP contribution is -2.31. The van der Waals surface area contributed by atoms with E-state index < -0.39 is 0 Å². The molecular formula is C11H20N2O. The van der Waals surface area contributed by atoms with Crippen LogP contribution in [0.1, 0.15) is 32.1 Å². The van der Waals surface area contributed by atoms with E-state index in [1.807, 2.05) is 19.0 Å². The summed E-state index contributed by atoms with van der Waals surface area (Å²) in [5, 5.41) is 18.9. The van der Waals surface area contributed by atoms with Gasteiger partial charge in [0.2, 0.25) is 0 Å². The monoisotopic (exact) mass is 196 g/mol. The molecule has 80 valence electrons. The van der Waals surface area contributed by atoms with Crippen LogP contribution >= 0.6 is 0 Å². The van der Waals surface area contributed by atoms with Crippen molar-refractivity contribution in [1.82, 2.24) is 4.90 Å². The van der Waals surface area contributed by atoms with E-state index in [2.05, 4.69) is 6.07 Å². The van der Waals surface area contributed by atoms with E-state index in [-0.39, 0.29) is 11.5 Å². The minimum absolute atomic E-state index is 0.227. The predicted octanol–water partition coefficient (Wildman–Crippen LogP) is 1.38. The molecule has 1 aliphatic carbocycles. The molecule has 1 rings (SSSR count). The smallest absolute Gasteiger partial charge is 0.0690 e. The van der Waals surface area contributed by atoms with Gasteiger partial charge in [-0.1, -0.05) is 12.8 Å². The van der Waals surface area contributed by atoms with E-state index in [0.29, 0.717) is 13.0 Å². The van der Waals surface area contributed by atoms with Gasteiger partial charge in [0.1, 0.15) is 0 Å². The summed E-state index contributed by atoms with van der Waals surface area (Å²) in [5.74, 6) is 0. The van der Waals surface area contributed by atoms with E-state index in [1.165, 1.54) is 0 Å². The number of aliphatic hydroxyl groups excluding tert-OH is 1. The molecule has 14 heavy (non-hydrogen) atoms. The minimum Gasteiger partial charge on any atom is -0.392 e. The van der Waals surface area contributed by atoms with E-state index in [9.17, 15) is 5.11 Å². The standard InChI is InChI=1S/C11H20N2O/c1-13(2)8-10(14)7-11(9-12)5-3-4-6-11/h10,14H,3-8H2,1-2H3/t10-/m0/s1. The van der Waals surface area contributed by atoms with Crippen molar-refractivity contribution < 1.29 is 5.11 Å². The number of nitriles is 1. The Morgan fingerprint density at radius 1 is 1.43 bits per heavy atom. The highest BCUT2D eigenvalue weighted by atomic mass is 16.3. The van der Waals surface area contributed by atoms with Gasteiger partial charge < -0.3 is 10.0 Å². The maximum Gasteiger partial charge on any atom is 0.0690 e. The molecule has 1 saturated carbocycles. The zero-order valence-electron chi connectivity index (χ0n) is 9.16. The lowest BCUT2D eigenvalue weighted by atomic mass is 9.82. The van der Waals surface area contributed by atoms with Crippen LogP contribution in [0.15, 0.2) is 0 Å². The molecule has 1 N–H and O–H groups in total. The van der Waals surface area contributed by atoms with Gasteiger partial charge in [0, 0.05) is 6.54 Å². The van der Waals surface area contributed by atoms with Gasteiger partial charge in [0.15, 0.2) is 0 Å². The molecule has 1 atom stereocenters. The van der Waals surface area contributed by atoms with Crippen molar-refractivity contribution in [2.45, 2.75) is 38.2 Å². The maximum atomic E-state index is 9.78. The summed E-state index contributed by atoms with van der Waals surface area (Å²) in [7, 11) is 3.88. The van der Waals surface area contributed by atoms with Crippen LogP contribution in [-0.4, -0.2) is 36.8 Å². The van der Waals surface area contributed by atoms with Crippen molar-refractivity contribution in [3.8, 4) is 6.07 Å². The van der Waals surface area contributed by atoms with Crippen LogP contribution < -0.4 is 0 Å². The highest BCUT2D eigenvalue weighted by molar-refractivity contribution is 5.03. The molecule has 3 nitrogen and oxygen atoms in total. The van der Waals surface area contributed by atoms with Crippen molar-refractivity contribution in [3.63, 3.8) is 0 Å². The normalized spacial score (nSPS) is 22.2. The molecule has 0 amide bonds. The third-order valence-corrected chi connectivity index (χ3v) is 3.00. The zero-order chi connectivity index (χ0) is 10.6. The quantitative estimate of drug-likeness (QED) is 0.739. The van der Waals surface area contributed by atoms with Crippen LogP contribution in [0.2, 0.25) is 0 Å². The third-order valence-electron chi connectivity index (χ3n) is 3.00. The van der Waals surface area contributed by atoms with Crippen molar-refractivity contribution >= 4 is 0 Å². The maximum absolute atomic E-state index is 9.78. The highest BCUT2D eigenvalue weighted by Gasteiger charge is 2.35. The Kier molecular flexibility index (Phi) is 3.91. The number of hydrogen-bond acceptors (Lipinski definition) is 3. The van der Waals surface area contributed by atoms with Gasteiger partial charge in [-0.3, -0.25) is 0 Å². The molecule has 0 aromatic heterocycles. The van der Waals surface area contributed by atoms with Crippen LogP contribution in [0.5, 0.6) is 0 Å². The number of likely N-dealkylation sites (N-methyl/N-ethyl adjacent to an activating group) is 1. The van der Waals surface area contributed by atoms with Crippen molar-refractivity contribution in [3.05, 3.63) is 0 Å². The van der Waals surface area contributed by atoms with Gasteiger partial charge in [-0.25, -0.2) is 0 Å². The Hall–Kier alpha value is -0.590. The Morgan fingerprint density at radius 2 is 2.00 bits per heavy atom. The summed E-state index contributed by atoms with van der Waals surface area (Å²) in [6.45, 7) is 0.656. The second kappa shape index (κ2) is 4.77. The largest absolute Gasteiger partial charge is 0.392 e. The van der Waals surface area contributed by atoms with E-state index >= 15 is 0 Å². The van der Waals surface area contributed by atoms with Crippen molar-refractivity contribution in [2.75, 3.05) is 20.6 Å². The topological polar surface area (TPSA) is 47.3 Å². The molecule has 0 bridgehead atoms. The number of hydrogen-bond donors (Lipinski definition) is 1. The van der Waals surface area contributed by atoms with Gasteiger partial charge in [0.25, 0.3) is 0 Å². The van der Waals surface area contributed by atoms with Crippen LogP contribution in [0.25, 0.3) is 0 Å². The van der Waals surface area contributed by atoms with Crippen LogP contribution in [0, 0.1) is 16.7 Å². The summed E-state index contributed by atoms with van der Waals surface area (Å²) in [4.78, 5) is 1.96. The first kappa shape index (κ1) is 11.5. The summed E-state index contributed by atoms with van der Waals surface area (Å²) >= 11 is 0. The molecule has 0 radical (unpaired) electrons. The van der Waals surface area contributed by atoms with Gasteiger partial charge in [0.05, 0.1) is 17.6 Å². The number of aliphatic hydroxyl groups is 1. The fourth-order valence-corrected chi connectivity index (χ4v) is 2.35. The molecule has 0 heterocycles. The molecule has 0 aliphatic heterocycles. The Bertz CT molecular complexity index is 214. The molecule has 1 fully saturated rings. The van der Waals surface area contributed by atoms with Gasteiger partial charge >= 0.3 is 0 Å². The first-order chi connectivity index (χ1) is 6.58. The summed E-state index contributed by atoms with van der Waals surface area (Å²) < 4.78 is 0. The average molecular weight is 196 g/mol. The fourth-order valence-electron chi connectivity index (χ4n) is 2.35. The first-order valence-corrected chi connectivity index (χ1v) is 5.32. The van der Waals surface area contributed by atoms with Crippen LogP contribution in [0.4, 0.5) is 0 Å². The highest BCUT2D eigenvalue weighted by Crippen LogP contribution is 2.41. The zero-order valence-corrected chi connectivity index (χ0v) is 9.16. The Balaban J connectivity index is 2.45. The predicted molar refractivity (Wildman–Crippen MR) is 55.7 cm³/mol. The van der Waals surface area contributed by atoms with E-state index in [0.717, 1.165) is 25.7 Å². The van der Waals surface area contributed by atoms with Crippen LogP contribution in [-0.2, 0) is 0 Å². The molecule has 3 heteroatoms. The summed E-state index contributed by atoms with van der Waals surface area (Å²) in [5.41, 5.74) is -0.227. The molecule has 1 aliphatic rings.